The van der Waals surface area contributed by atoms with Gasteiger partial charge in [-0.2, -0.15) is 0 Å². The largest absolute Gasteiger partial charge is 0.359 e. The highest BCUT2D eigenvalue weighted by Crippen LogP contribution is 2.22. The number of benzene rings is 1. The molecule has 0 aliphatic carbocycles. The molecule has 0 amide bonds. The van der Waals surface area contributed by atoms with E-state index >= 15 is 0 Å². The zero-order valence-corrected chi connectivity index (χ0v) is 18.8. The number of rotatable bonds is 7. The van der Waals surface area contributed by atoms with Gasteiger partial charge in [-0.1, -0.05) is 47.1 Å². The Morgan fingerprint density at radius 1 is 1.20 bits per heavy atom. The van der Waals surface area contributed by atoms with Crippen molar-refractivity contribution in [2.75, 3.05) is 7.05 Å². The van der Waals surface area contributed by atoms with Crippen molar-refractivity contribution in [2.45, 2.75) is 45.7 Å². The average molecular weight is 521 g/mol. The van der Waals surface area contributed by atoms with Crippen molar-refractivity contribution >= 4 is 45.9 Å². The molecule has 0 atom stereocenters. The summed E-state index contributed by atoms with van der Waals surface area (Å²) < 4.78 is 6.49. The van der Waals surface area contributed by atoms with Gasteiger partial charge in [0.25, 0.3) is 0 Å². The maximum absolute atomic E-state index is 5.42. The Balaban J connectivity index is 0.00000312. The molecule has 138 valence electrons. The van der Waals surface area contributed by atoms with Crippen molar-refractivity contribution in [1.82, 2.24) is 15.8 Å². The van der Waals surface area contributed by atoms with Crippen LogP contribution in [0.5, 0.6) is 0 Å². The molecule has 0 aliphatic heterocycles. The van der Waals surface area contributed by atoms with Gasteiger partial charge in [0.05, 0.1) is 12.2 Å². The molecular weight excluding hydrogens is 495 g/mol. The van der Waals surface area contributed by atoms with Gasteiger partial charge < -0.3 is 15.2 Å². The van der Waals surface area contributed by atoms with E-state index < -0.39 is 0 Å². The highest BCUT2D eigenvalue weighted by Gasteiger charge is 2.13. The molecule has 0 unspecified atom stereocenters. The van der Waals surface area contributed by atoms with Crippen LogP contribution in [0.15, 0.2) is 44.3 Å². The van der Waals surface area contributed by atoms with E-state index in [0.29, 0.717) is 19.0 Å². The quantitative estimate of drug-likeness (QED) is 0.312. The van der Waals surface area contributed by atoms with Gasteiger partial charge in [0.1, 0.15) is 0 Å². The minimum atomic E-state index is 0. The molecular formula is C18H26BrIN4O. The van der Waals surface area contributed by atoms with Gasteiger partial charge in [0.2, 0.25) is 0 Å². The molecule has 0 spiro atoms. The summed E-state index contributed by atoms with van der Waals surface area (Å²) in [5.41, 5.74) is 2.22. The standard InChI is InChI=1S/C18H25BrN4O.HI/c1-4-14(5-2)17-10-16(24-23-17)12-22-18(20-3)21-11-13-7-6-8-15(19)9-13;/h6-10,14H,4-5,11-12H2,1-3H3,(H2,20,21,22);1H. The fourth-order valence-electron chi connectivity index (χ4n) is 2.54. The normalized spacial score (nSPS) is 11.3. The molecule has 0 bridgehead atoms. The first-order valence-corrected chi connectivity index (χ1v) is 9.10. The highest BCUT2D eigenvalue weighted by molar-refractivity contribution is 14.0. The van der Waals surface area contributed by atoms with Gasteiger partial charge in [0.15, 0.2) is 11.7 Å². The number of guanidine groups is 1. The Morgan fingerprint density at radius 3 is 2.56 bits per heavy atom. The molecule has 0 saturated heterocycles. The van der Waals surface area contributed by atoms with Gasteiger partial charge in [0, 0.05) is 30.0 Å². The SMILES string of the molecule is CCC(CC)c1cc(CNC(=NC)NCc2cccc(Br)c2)on1.I. The van der Waals surface area contributed by atoms with Crippen LogP contribution >= 0.6 is 39.9 Å². The molecule has 5 nitrogen and oxygen atoms in total. The molecule has 0 aliphatic rings. The summed E-state index contributed by atoms with van der Waals surface area (Å²) in [6.07, 6.45) is 2.15. The smallest absolute Gasteiger partial charge is 0.191 e. The predicted octanol–water partition coefficient (Wildman–Crippen LogP) is 4.82. The molecule has 1 aromatic heterocycles. The number of hydrogen-bond acceptors (Lipinski definition) is 3. The molecule has 1 aromatic carbocycles. The maximum Gasteiger partial charge on any atom is 0.191 e. The third-order valence-corrected chi connectivity index (χ3v) is 4.48. The maximum atomic E-state index is 5.42. The zero-order valence-electron chi connectivity index (χ0n) is 14.9. The van der Waals surface area contributed by atoms with Crippen LogP contribution in [0.1, 0.15) is 49.6 Å². The molecule has 0 radical (unpaired) electrons. The van der Waals surface area contributed by atoms with Gasteiger partial charge >= 0.3 is 0 Å². The zero-order chi connectivity index (χ0) is 17.4. The number of halogens is 2. The average Bonchev–Trinajstić information content (AvgIpc) is 3.05. The highest BCUT2D eigenvalue weighted by atomic mass is 127. The summed E-state index contributed by atoms with van der Waals surface area (Å²) >= 11 is 3.48. The van der Waals surface area contributed by atoms with E-state index in [9.17, 15) is 0 Å². The molecule has 2 rings (SSSR count). The second-order valence-corrected chi connectivity index (χ2v) is 6.56. The van der Waals surface area contributed by atoms with Crippen molar-refractivity contribution in [1.29, 1.82) is 0 Å². The van der Waals surface area contributed by atoms with Gasteiger partial charge in [-0.05, 0) is 30.5 Å². The van der Waals surface area contributed by atoms with Crippen LogP contribution in [0.2, 0.25) is 0 Å². The van der Waals surface area contributed by atoms with Gasteiger partial charge in [-0.15, -0.1) is 24.0 Å². The van der Waals surface area contributed by atoms with Crippen LogP contribution in [0.4, 0.5) is 0 Å². The van der Waals surface area contributed by atoms with Crippen molar-refractivity contribution in [3.63, 3.8) is 0 Å². The molecule has 1 heterocycles. The number of hydrogen-bond donors (Lipinski definition) is 2. The van der Waals surface area contributed by atoms with E-state index in [1.165, 1.54) is 5.56 Å². The fraction of sp³-hybridized carbons (Fsp3) is 0.444. The van der Waals surface area contributed by atoms with E-state index in [2.05, 4.69) is 62.7 Å². The molecule has 7 heteroatoms. The Labute approximate surface area is 175 Å². The number of nitrogens with one attached hydrogen (secondary N) is 2. The van der Waals surface area contributed by atoms with E-state index in [1.54, 1.807) is 7.05 Å². The Bertz CT molecular complexity index is 671. The van der Waals surface area contributed by atoms with Crippen molar-refractivity contribution < 1.29 is 4.52 Å². The monoisotopic (exact) mass is 520 g/mol. The summed E-state index contributed by atoms with van der Waals surface area (Å²) in [7, 11) is 1.76. The van der Waals surface area contributed by atoms with E-state index in [0.717, 1.165) is 34.7 Å². The van der Waals surface area contributed by atoms with Crippen LogP contribution in [0, 0.1) is 0 Å². The van der Waals surface area contributed by atoms with Crippen molar-refractivity contribution in [2.24, 2.45) is 4.99 Å². The van der Waals surface area contributed by atoms with Crippen molar-refractivity contribution in [3.05, 3.63) is 51.8 Å². The Hall–Kier alpha value is -1.09. The molecule has 0 saturated carbocycles. The van der Waals surface area contributed by atoms with E-state index in [4.69, 9.17) is 4.52 Å². The number of nitrogens with zero attached hydrogens (tertiary/aromatic N) is 2. The van der Waals surface area contributed by atoms with Crippen LogP contribution in [0.3, 0.4) is 0 Å². The first-order chi connectivity index (χ1) is 11.7. The third-order valence-electron chi connectivity index (χ3n) is 3.98. The van der Waals surface area contributed by atoms with Gasteiger partial charge in [-0.3, -0.25) is 4.99 Å². The van der Waals surface area contributed by atoms with Crippen LogP contribution in [0.25, 0.3) is 0 Å². The number of aromatic nitrogens is 1. The first kappa shape index (κ1) is 22.0. The van der Waals surface area contributed by atoms with E-state index in [-0.39, 0.29) is 24.0 Å². The van der Waals surface area contributed by atoms with E-state index in [1.807, 2.05) is 18.2 Å². The third kappa shape index (κ3) is 6.97. The van der Waals surface area contributed by atoms with Crippen LogP contribution in [-0.4, -0.2) is 18.2 Å². The molecule has 2 aromatic rings. The lowest BCUT2D eigenvalue weighted by molar-refractivity contribution is 0.368. The summed E-state index contributed by atoms with van der Waals surface area (Å²) in [5, 5.41) is 10.7. The molecule has 0 fully saturated rings. The second-order valence-electron chi connectivity index (χ2n) is 5.64. The Morgan fingerprint density at radius 2 is 1.92 bits per heavy atom. The molecule has 25 heavy (non-hydrogen) atoms. The predicted molar refractivity (Wildman–Crippen MR) is 116 cm³/mol. The first-order valence-electron chi connectivity index (χ1n) is 8.30. The topological polar surface area (TPSA) is 62.5 Å². The number of aliphatic imine (C=N–C) groups is 1. The minimum Gasteiger partial charge on any atom is -0.359 e. The van der Waals surface area contributed by atoms with Crippen LogP contribution < -0.4 is 10.6 Å². The lowest BCUT2D eigenvalue weighted by Crippen LogP contribution is -2.36. The minimum absolute atomic E-state index is 0. The Kier molecular flexibility index (Phi) is 10.1. The molecule has 2 N–H and O–H groups in total. The fourth-order valence-corrected chi connectivity index (χ4v) is 2.98. The summed E-state index contributed by atoms with van der Waals surface area (Å²) in [4.78, 5) is 4.24. The summed E-state index contributed by atoms with van der Waals surface area (Å²) in [5.74, 6) is 2.02. The van der Waals surface area contributed by atoms with Crippen LogP contribution in [-0.2, 0) is 13.1 Å². The van der Waals surface area contributed by atoms with Gasteiger partial charge in [-0.25, -0.2) is 0 Å². The second kappa shape index (κ2) is 11.5. The summed E-state index contributed by atoms with van der Waals surface area (Å²) in [6, 6.07) is 10.2. The summed E-state index contributed by atoms with van der Waals surface area (Å²) in [6.45, 7) is 5.61. The lowest BCUT2D eigenvalue weighted by atomic mass is 9.99. The van der Waals surface area contributed by atoms with Crippen molar-refractivity contribution in [3.8, 4) is 0 Å². The lowest BCUT2D eigenvalue weighted by Gasteiger charge is -2.11.